The Bertz CT molecular complexity index is 540. The normalized spacial score (nSPS) is 12.7. The van der Waals surface area contributed by atoms with Gasteiger partial charge in [0, 0.05) is 6.54 Å². The molecule has 0 saturated carbocycles. The average Bonchev–Trinajstić information content (AvgIpc) is 2.77. The standard InChI is InChI=1S/C13H14Cl2N2O/c1-8-6-17-13(18-8)9(2)16-7-10-4-3-5-11(14)12(10)15/h3-6,9,16H,7H2,1-2H3. The molecule has 1 heterocycles. The van der Waals surface area contributed by atoms with Gasteiger partial charge in [-0.05, 0) is 25.5 Å². The third-order valence-electron chi connectivity index (χ3n) is 2.64. The second kappa shape index (κ2) is 5.74. The first kappa shape index (κ1) is 13.4. The minimum Gasteiger partial charge on any atom is -0.444 e. The van der Waals surface area contributed by atoms with Crippen molar-refractivity contribution in [3.63, 3.8) is 0 Å². The third kappa shape index (κ3) is 3.05. The van der Waals surface area contributed by atoms with Crippen molar-refractivity contribution in [2.45, 2.75) is 26.4 Å². The number of benzene rings is 1. The summed E-state index contributed by atoms with van der Waals surface area (Å²) < 4.78 is 5.46. The minimum absolute atomic E-state index is 0.0220. The van der Waals surface area contributed by atoms with E-state index in [1.165, 1.54) is 0 Å². The molecule has 3 nitrogen and oxygen atoms in total. The van der Waals surface area contributed by atoms with Crippen LogP contribution in [0.2, 0.25) is 10.0 Å². The number of hydrogen-bond donors (Lipinski definition) is 1. The smallest absolute Gasteiger partial charge is 0.211 e. The van der Waals surface area contributed by atoms with E-state index in [0.29, 0.717) is 22.5 Å². The number of aryl methyl sites for hydroxylation is 1. The van der Waals surface area contributed by atoms with Gasteiger partial charge < -0.3 is 9.73 Å². The maximum atomic E-state index is 6.12. The van der Waals surface area contributed by atoms with Gasteiger partial charge in [-0.1, -0.05) is 35.3 Å². The minimum atomic E-state index is 0.0220. The van der Waals surface area contributed by atoms with Gasteiger partial charge in [-0.15, -0.1) is 0 Å². The maximum Gasteiger partial charge on any atom is 0.211 e. The van der Waals surface area contributed by atoms with Gasteiger partial charge in [0.1, 0.15) is 5.76 Å². The fraction of sp³-hybridized carbons (Fsp3) is 0.308. The lowest BCUT2D eigenvalue weighted by Crippen LogP contribution is -2.18. The Kier molecular flexibility index (Phi) is 4.27. The van der Waals surface area contributed by atoms with Crippen molar-refractivity contribution >= 4 is 23.2 Å². The molecule has 0 fully saturated rings. The summed E-state index contributed by atoms with van der Waals surface area (Å²) in [5, 5.41) is 4.45. The van der Waals surface area contributed by atoms with E-state index in [2.05, 4.69) is 10.3 Å². The first-order valence-corrected chi connectivity index (χ1v) is 6.42. The summed E-state index contributed by atoms with van der Waals surface area (Å²) in [5.41, 5.74) is 0.958. The van der Waals surface area contributed by atoms with Crippen molar-refractivity contribution in [1.29, 1.82) is 0 Å². The van der Waals surface area contributed by atoms with Gasteiger partial charge in [0.15, 0.2) is 0 Å². The van der Waals surface area contributed by atoms with Crippen LogP contribution in [-0.4, -0.2) is 4.98 Å². The molecule has 0 radical (unpaired) electrons. The highest BCUT2D eigenvalue weighted by Crippen LogP contribution is 2.25. The predicted octanol–water partition coefficient (Wildman–Crippen LogP) is 4.14. The summed E-state index contributed by atoms with van der Waals surface area (Å²) >= 11 is 12.1. The Morgan fingerprint density at radius 3 is 2.83 bits per heavy atom. The number of hydrogen-bond acceptors (Lipinski definition) is 3. The average molecular weight is 285 g/mol. The van der Waals surface area contributed by atoms with Gasteiger partial charge in [0.05, 0.1) is 22.3 Å². The number of halogens is 2. The molecule has 0 saturated heterocycles. The molecule has 0 aliphatic heterocycles. The highest BCUT2D eigenvalue weighted by Gasteiger charge is 2.12. The zero-order chi connectivity index (χ0) is 13.1. The van der Waals surface area contributed by atoms with Crippen LogP contribution < -0.4 is 5.32 Å². The molecule has 1 unspecified atom stereocenters. The molecule has 0 spiro atoms. The summed E-state index contributed by atoms with van der Waals surface area (Å²) in [6.07, 6.45) is 1.71. The van der Waals surface area contributed by atoms with Crippen LogP contribution in [0.25, 0.3) is 0 Å². The van der Waals surface area contributed by atoms with Gasteiger partial charge in [-0.2, -0.15) is 0 Å². The van der Waals surface area contributed by atoms with Crippen molar-refractivity contribution in [3.05, 3.63) is 51.7 Å². The van der Waals surface area contributed by atoms with Crippen molar-refractivity contribution in [2.75, 3.05) is 0 Å². The largest absolute Gasteiger partial charge is 0.444 e. The Morgan fingerprint density at radius 2 is 2.17 bits per heavy atom. The summed E-state index contributed by atoms with van der Waals surface area (Å²) in [4.78, 5) is 4.18. The summed E-state index contributed by atoms with van der Waals surface area (Å²) in [7, 11) is 0. The lowest BCUT2D eigenvalue weighted by atomic mass is 10.2. The monoisotopic (exact) mass is 284 g/mol. The molecule has 0 aliphatic carbocycles. The highest BCUT2D eigenvalue weighted by molar-refractivity contribution is 6.42. The van der Waals surface area contributed by atoms with Gasteiger partial charge in [-0.25, -0.2) is 4.98 Å². The fourth-order valence-electron chi connectivity index (χ4n) is 1.61. The highest BCUT2D eigenvalue weighted by atomic mass is 35.5. The van der Waals surface area contributed by atoms with E-state index in [4.69, 9.17) is 27.6 Å². The summed E-state index contributed by atoms with van der Waals surface area (Å²) in [6.45, 7) is 4.47. The van der Waals surface area contributed by atoms with Crippen LogP contribution in [0.1, 0.15) is 30.2 Å². The van der Waals surface area contributed by atoms with Crippen LogP contribution in [0.4, 0.5) is 0 Å². The van der Waals surface area contributed by atoms with E-state index in [-0.39, 0.29) is 6.04 Å². The molecule has 1 aromatic carbocycles. The zero-order valence-corrected chi connectivity index (χ0v) is 11.7. The molecule has 2 aromatic rings. The van der Waals surface area contributed by atoms with Crippen LogP contribution in [0.3, 0.4) is 0 Å². The SMILES string of the molecule is Cc1cnc(C(C)NCc2cccc(Cl)c2Cl)o1. The second-order valence-electron chi connectivity index (χ2n) is 4.12. The van der Waals surface area contributed by atoms with Crippen LogP contribution in [0, 0.1) is 6.92 Å². The Labute approximate surface area is 116 Å². The molecule has 1 aromatic heterocycles. The van der Waals surface area contributed by atoms with Crippen LogP contribution >= 0.6 is 23.2 Å². The van der Waals surface area contributed by atoms with E-state index in [1.54, 1.807) is 12.3 Å². The topological polar surface area (TPSA) is 38.1 Å². The van der Waals surface area contributed by atoms with Crippen LogP contribution in [-0.2, 0) is 6.54 Å². The fourth-order valence-corrected chi connectivity index (χ4v) is 1.99. The number of oxazole rings is 1. The molecule has 0 aliphatic rings. The zero-order valence-electron chi connectivity index (χ0n) is 10.2. The van der Waals surface area contributed by atoms with E-state index in [0.717, 1.165) is 11.3 Å². The van der Waals surface area contributed by atoms with Crippen molar-refractivity contribution in [1.82, 2.24) is 10.3 Å². The molecule has 0 amide bonds. The Morgan fingerprint density at radius 1 is 1.39 bits per heavy atom. The lowest BCUT2D eigenvalue weighted by Gasteiger charge is -2.11. The first-order chi connectivity index (χ1) is 8.58. The Hall–Kier alpha value is -1.03. The summed E-state index contributed by atoms with van der Waals surface area (Å²) in [5.74, 6) is 1.48. The number of rotatable bonds is 4. The third-order valence-corrected chi connectivity index (χ3v) is 3.50. The summed E-state index contributed by atoms with van der Waals surface area (Å²) in [6, 6.07) is 5.61. The van der Waals surface area contributed by atoms with E-state index in [9.17, 15) is 0 Å². The van der Waals surface area contributed by atoms with Crippen molar-refractivity contribution in [2.24, 2.45) is 0 Å². The number of aromatic nitrogens is 1. The van der Waals surface area contributed by atoms with Crippen molar-refractivity contribution < 1.29 is 4.42 Å². The number of nitrogens with zero attached hydrogens (tertiary/aromatic N) is 1. The molecular weight excluding hydrogens is 271 g/mol. The second-order valence-corrected chi connectivity index (χ2v) is 4.91. The van der Waals surface area contributed by atoms with E-state index < -0.39 is 0 Å². The molecule has 96 valence electrons. The van der Waals surface area contributed by atoms with Gasteiger partial charge in [-0.3, -0.25) is 0 Å². The Balaban J connectivity index is 2.01. The quantitative estimate of drug-likeness (QED) is 0.917. The van der Waals surface area contributed by atoms with Gasteiger partial charge >= 0.3 is 0 Å². The van der Waals surface area contributed by atoms with Gasteiger partial charge in [0.25, 0.3) is 0 Å². The van der Waals surface area contributed by atoms with E-state index >= 15 is 0 Å². The molecule has 2 rings (SSSR count). The first-order valence-electron chi connectivity index (χ1n) is 5.66. The van der Waals surface area contributed by atoms with E-state index in [1.807, 2.05) is 26.0 Å². The van der Waals surface area contributed by atoms with Crippen LogP contribution in [0.15, 0.2) is 28.8 Å². The van der Waals surface area contributed by atoms with Crippen LogP contribution in [0.5, 0.6) is 0 Å². The van der Waals surface area contributed by atoms with Gasteiger partial charge in [0.2, 0.25) is 5.89 Å². The molecule has 18 heavy (non-hydrogen) atoms. The number of nitrogens with one attached hydrogen (secondary N) is 1. The molecular formula is C13H14Cl2N2O. The maximum absolute atomic E-state index is 6.12. The lowest BCUT2D eigenvalue weighted by molar-refractivity contribution is 0.402. The predicted molar refractivity (Wildman–Crippen MR) is 73.0 cm³/mol. The molecule has 0 bridgehead atoms. The molecule has 1 atom stereocenters. The van der Waals surface area contributed by atoms with Crippen molar-refractivity contribution in [3.8, 4) is 0 Å². The molecule has 5 heteroatoms. The molecule has 1 N–H and O–H groups in total.